The van der Waals surface area contributed by atoms with Gasteiger partial charge in [0.1, 0.15) is 0 Å². The van der Waals surface area contributed by atoms with E-state index in [1.54, 1.807) is 17.0 Å². The molecule has 1 aromatic carbocycles. The van der Waals surface area contributed by atoms with E-state index in [-0.39, 0.29) is 18.2 Å². The van der Waals surface area contributed by atoms with Gasteiger partial charge in [0, 0.05) is 25.2 Å². The van der Waals surface area contributed by atoms with Gasteiger partial charge in [-0.3, -0.25) is 14.9 Å². The van der Waals surface area contributed by atoms with Crippen LogP contribution in [0.1, 0.15) is 25.8 Å². The standard InChI is InChI=1S/C18H22N2O5/c1-13-9-14(2)11-19(10-13)17(21)12-25-18(22)8-7-15-5-3-4-6-16(15)20(23)24/h3-8,13-14H,9-12H2,1-2H3/b8-7+/t13-,14+. The van der Waals surface area contributed by atoms with Crippen molar-refractivity contribution in [1.29, 1.82) is 0 Å². The second-order valence-electron chi connectivity index (χ2n) is 6.50. The van der Waals surface area contributed by atoms with Gasteiger partial charge in [0.25, 0.3) is 11.6 Å². The molecule has 1 aliphatic rings. The maximum Gasteiger partial charge on any atom is 0.331 e. The number of nitro benzene ring substituents is 1. The number of piperidine rings is 1. The largest absolute Gasteiger partial charge is 0.452 e. The van der Waals surface area contributed by atoms with Gasteiger partial charge in [-0.2, -0.15) is 0 Å². The van der Waals surface area contributed by atoms with Crippen LogP contribution in [0, 0.1) is 22.0 Å². The second kappa shape index (κ2) is 8.41. The molecule has 0 aliphatic carbocycles. The van der Waals surface area contributed by atoms with Gasteiger partial charge in [-0.25, -0.2) is 4.79 Å². The van der Waals surface area contributed by atoms with Crippen molar-refractivity contribution in [2.24, 2.45) is 11.8 Å². The van der Waals surface area contributed by atoms with E-state index in [0.717, 1.165) is 12.5 Å². The van der Waals surface area contributed by atoms with Crippen molar-refractivity contribution in [2.45, 2.75) is 20.3 Å². The number of benzene rings is 1. The number of nitrogens with zero attached hydrogens (tertiary/aromatic N) is 2. The quantitative estimate of drug-likeness (QED) is 0.354. The van der Waals surface area contributed by atoms with Gasteiger partial charge >= 0.3 is 5.97 Å². The van der Waals surface area contributed by atoms with Gasteiger partial charge in [-0.1, -0.05) is 26.0 Å². The van der Waals surface area contributed by atoms with Gasteiger partial charge in [0.15, 0.2) is 6.61 Å². The summed E-state index contributed by atoms with van der Waals surface area (Å²) in [6.45, 7) is 5.22. The lowest BCUT2D eigenvalue weighted by molar-refractivity contribution is -0.385. The number of ether oxygens (including phenoxy) is 1. The van der Waals surface area contributed by atoms with E-state index in [9.17, 15) is 19.7 Å². The molecule has 1 fully saturated rings. The summed E-state index contributed by atoms with van der Waals surface area (Å²) in [5, 5.41) is 10.9. The highest BCUT2D eigenvalue weighted by molar-refractivity contribution is 5.90. The monoisotopic (exact) mass is 346 g/mol. The molecule has 1 saturated heterocycles. The van der Waals surface area contributed by atoms with Crippen LogP contribution in [0.2, 0.25) is 0 Å². The average molecular weight is 346 g/mol. The summed E-state index contributed by atoms with van der Waals surface area (Å²) in [7, 11) is 0. The number of nitro groups is 1. The highest BCUT2D eigenvalue weighted by Gasteiger charge is 2.25. The molecule has 0 spiro atoms. The molecule has 0 radical (unpaired) electrons. The summed E-state index contributed by atoms with van der Waals surface area (Å²) < 4.78 is 4.96. The van der Waals surface area contributed by atoms with E-state index in [2.05, 4.69) is 13.8 Å². The van der Waals surface area contributed by atoms with Crippen LogP contribution in [0.25, 0.3) is 6.08 Å². The molecule has 0 bridgehead atoms. The van der Waals surface area contributed by atoms with Crippen molar-refractivity contribution in [3.05, 3.63) is 46.0 Å². The van der Waals surface area contributed by atoms with Crippen molar-refractivity contribution in [1.82, 2.24) is 4.90 Å². The third-order valence-electron chi connectivity index (χ3n) is 4.09. The van der Waals surface area contributed by atoms with Crippen molar-refractivity contribution in [3.63, 3.8) is 0 Å². The number of likely N-dealkylation sites (tertiary alicyclic amines) is 1. The first-order valence-corrected chi connectivity index (χ1v) is 8.23. The lowest BCUT2D eigenvalue weighted by Gasteiger charge is -2.34. The van der Waals surface area contributed by atoms with Crippen LogP contribution in [-0.4, -0.2) is 41.4 Å². The minimum absolute atomic E-state index is 0.0982. The minimum atomic E-state index is -0.704. The lowest BCUT2D eigenvalue weighted by Crippen LogP contribution is -2.44. The van der Waals surface area contributed by atoms with Crippen molar-refractivity contribution in [2.75, 3.05) is 19.7 Å². The molecule has 134 valence electrons. The fraction of sp³-hybridized carbons (Fsp3) is 0.444. The van der Waals surface area contributed by atoms with Crippen LogP contribution in [0.4, 0.5) is 5.69 Å². The van der Waals surface area contributed by atoms with Crippen LogP contribution in [0.3, 0.4) is 0 Å². The Morgan fingerprint density at radius 2 is 1.92 bits per heavy atom. The summed E-state index contributed by atoms with van der Waals surface area (Å²) in [6.07, 6.45) is 3.50. The lowest BCUT2D eigenvalue weighted by atomic mass is 9.92. The Kier molecular flexibility index (Phi) is 6.27. The summed E-state index contributed by atoms with van der Waals surface area (Å²) in [5.74, 6) is -0.0562. The zero-order chi connectivity index (χ0) is 18.4. The molecule has 25 heavy (non-hydrogen) atoms. The fourth-order valence-corrected chi connectivity index (χ4v) is 3.09. The van der Waals surface area contributed by atoms with Crippen molar-refractivity contribution < 1.29 is 19.2 Å². The summed E-state index contributed by atoms with van der Waals surface area (Å²) in [6, 6.07) is 6.07. The van der Waals surface area contributed by atoms with Gasteiger partial charge in [0.05, 0.1) is 10.5 Å². The van der Waals surface area contributed by atoms with Crippen LogP contribution in [-0.2, 0) is 14.3 Å². The second-order valence-corrected chi connectivity index (χ2v) is 6.50. The number of rotatable bonds is 5. The molecule has 0 saturated carbocycles. The molecule has 0 unspecified atom stereocenters. The molecule has 2 atom stereocenters. The predicted octanol–water partition coefficient (Wildman–Crippen LogP) is 2.66. The SMILES string of the molecule is C[C@@H]1C[C@H](C)CN(C(=O)COC(=O)/C=C/c2ccccc2[N+](=O)[O-])C1. The highest BCUT2D eigenvalue weighted by Crippen LogP contribution is 2.21. The van der Waals surface area contributed by atoms with Crippen LogP contribution in [0.15, 0.2) is 30.3 Å². The Bertz CT molecular complexity index is 676. The normalized spacial score (nSPS) is 20.5. The highest BCUT2D eigenvalue weighted by atomic mass is 16.6. The third-order valence-corrected chi connectivity index (χ3v) is 4.09. The number of hydrogen-bond acceptors (Lipinski definition) is 5. The van der Waals surface area contributed by atoms with E-state index < -0.39 is 10.9 Å². The molecule has 2 rings (SSSR count). The van der Waals surface area contributed by atoms with E-state index in [1.165, 1.54) is 18.2 Å². The molecule has 0 aromatic heterocycles. The summed E-state index contributed by atoms with van der Waals surface area (Å²) in [4.78, 5) is 36.0. The number of hydrogen-bond donors (Lipinski definition) is 0. The van der Waals surface area contributed by atoms with E-state index >= 15 is 0 Å². The molecule has 1 aromatic rings. The summed E-state index contributed by atoms with van der Waals surface area (Å²) in [5.41, 5.74) is 0.202. The molecule has 1 aliphatic heterocycles. The van der Waals surface area contributed by atoms with E-state index in [0.29, 0.717) is 30.5 Å². The van der Waals surface area contributed by atoms with Crippen molar-refractivity contribution >= 4 is 23.6 Å². The predicted molar refractivity (Wildman–Crippen MR) is 92.6 cm³/mol. The first-order valence-electron chi connectivity index (χ1n) is 8.23. The van der Waals surface area contributed by atoms with E-state index in [1.807, 2.05) is 0 Å². The zero-order valence-corrected chi connectivity index (χ0v) is 14.4. The maximum absolute atomic E-state index is 12.1. The Hall–Kier alpha value is -2.70. The number of para-hydroxylation sites is 1. The third kappa shape index (κ3) is 5.41. The van der Waals surface area contributed by atoms with Gasteiger partial charge in [-0.15, -0.1) is 0 Å². The molecule has 7 nitrogen and oxygen atoms in total. The topological polar surface area (TPSA) is 89.8 Å². The first-order chi connectivity index (χ1) is 11.9. The Morgan fingerprint density at radius 1 is 1.28 bits per heavy atom. The molecule has 7 heteroatoms. The molecule has 1 amide bonds. The molecular formula is C18H22N2O5. The number of amides is 1. The van der Waals surface area contributed by atoms with Gasteiger partial charge in [0.2, 0.25) is 0 Å². The van der Waals surface area contributed by atoms with Crippen LogP contribution >= 0.6 is 0 Å². The smallest absolute Gasteiger partial charge is 0.331 e. The van der Waals surface area contributed by atoms with Gasteiger partial charge < -0.3 is 9.64 Å². The fourth-order valence-electron chi connectivity index (χ4n) is 3.09. The number of carbonyl (C=O) groups is 2. The van der Waals surface area contributed by atoms with E-state index in [4.69, 9.17) is 4.74 Å². The zero-order valence-electron chi connectivity index (χ0n) is 14.4. The van der Waals surface area contributed by atoms with Crippen molar-refractivity contribution in [3.8, 4) is 0 Å². The van der Waals surface area contributed by atoms with Crippen LogP contribution in [0.5, 0.6) is 0 Å². The number of carbonyl (C=O) groups excluding carboxylic acids is 2. The van der Waals surface area contributed by atoms with Crippen LogP contribution < -0.4 is 0 Å². The average Bonchev–Trinajstić information content (AvgIpc) is 2.57. The molecule has 1 heterocycles. The summed E-state index contributed by atoms with van der Waals surface area (Å²) >= 11 is 0. The maximum atomic E-state index is 12.1. The number of esters is 1. The molecular weight excluding hydrogens is 324 g/mol. The Balaban J connectivity index is 1.88. The minimum Gasteiger partial charge on any atom is -0.452 e. The molecule has 0 N–H and O–H groups in total. The Morgan fingerprint density at radius 3 is 2.56 bits per heavy atom. The first kappa shape index (κ1) is 18.6. The van der Waals surface area contributed by atoms with Gasteiger partial charge in [-0.05, 0) is 30.4 Å². The Labute approximate surface area is 146 Å².